The van der Waals surface area contributed by atoms with Gasteiger partial charge in [-0.3, -0.25) is 24.1 Å². The Kier molecular flexibility index (Phi) is 5.81. The minimum Gasteiger partial charge on any atom is -0.497 e. The summed E-state index contributed by atoms with van der Waals surface area (Å²) in [7, 11) is 1.57. The van der Waals surface area contributed by atoms with E-state index in [1.165, 1.54) is 4.90 Å². The first-order valence-corrected chi connectivity index (χ1v) is 11.6. The summed E-state index contributed by atoms with van der Waals surface area (Å²) in [6.45, 7) is 0.238. The molecule has 3 amide bonds. The third kappa shape index (κ3) is 3.93. The zero-order valence-corrected chi connectivity index (χ0v) is 18.9. The topological polar surface area (TPSA) is 93.2 Å². The van der Waals surface area contributed by atoms with Gasteiger partial charge in [0.25, 0.3) is 0 Å². The third-order valence-electron chi connectivity index (χ3n) is 7.00. The number of carbonyl (C=O) groups is 4. The molecular formula is C26H26N2O6. The summed E-state index contributed by atoms with van der Waals surface area (Å²) in [5.41, 5.74) is 1.19. The van der Waals surface area contributed by atoms with Crippen LogP contribution in [0.15, 0.2) is 48.5 Å². The Labute approximate surface area is 197 Å². The predicted molar refractivity (Wildman–Crippen MR) is 123 cm³/mol. The average Bonchev–Trinajstić information content (AvgIpc) is 3.37. The molecule has 0 bridgehead atoms. The van der Waals surface area contributed by atoms with Crippen LogP contribution >= 0.6 is 0 Å². The van der Waals surface area contributed by atoms with Gasteiger partial charge in [-0.15, -0.1) is 0 Å². The van der Waals surface area contributed by atoms with E-state index >= 15 is 0 Å². The van der Waals surface area contributed by atoms with Gasteiger partial charge in [-0.1, -0.05) is 12.8 Å². The van der Waals surface area contributed by atoms with Crippen LogP contribution in [-0.2, 0) is 19.2 Å². The van der Waals surface area contributed by atoms with Gasteiger partial charge in [0.15, 0.2) is 0 Å². The number of anilines is 2. The van der Waals surface area contributed by atoms with Crippen molar-refractivity contribution in [1.82, 2.24) is 0 Å². The van der Waals surface area contributed by atoms with Crippen molar-refractivity contribution in [3.63, 3.8) is 0 Å². The van der Waals surface area contributed by atoms with E-state index < -0.39 is 11.9 Å². The molecule has 176 valence electrons. The normalized spacial score (nSPS) is 24.4. The maximum absolute atomic E-state index is 12.8. The lowest BCUT2D eigenvalue weighted by Crippen LogP contribution is -2.30. The highest BCUT2D eigenvalue weighted by Crippen LogP contribution is 2.40. The minimum absolute atomic E-state index is 0.0719. The Morgan fingerprint density at radius 1 is 0.824 bits per heavy atom. The summed E-state index contributed by atoms with van der Waals surface area (Å²) in [4.78, 5) is 53.6. The number of carbonyl (C=O) groups excluding carboxylic acids is 4. The molecule has 0 radical (unpaired) electrons. The lowest BCUT2D eigenvalue weighted by molar-refractivity contribution is -0.139. The van der Waals surface area contributed by atoms with Crippen molar-refractivity contribution in [3.05, 3.63) is 48.5 Å². The molecule has 0 spiro atoms. The van der Waals surface area contributed by atoms with Gasteiger partial charge in [-0.05, 0) is 61.4 Å². The Bertz CT molecular complexity index is 1100. The standard InChI is InChI=1S/C26H26N2O6/c1-33-19-10-6-17(7-11-19)27-15-16(14-23(27)29)26(32)34-20-12-8-18(9-13-20)28-24(30)21-4-2-3-5-22(21)25(28)31/h6-13,16,21-22H,2-5,14-15H2,1H3/t16-,21-,22+/m1/s1. The Morgan fingerprint density at radius 3 is 1.97 bits per heavy atom. The average molecular weight is 463 g/mol. The molecule has 3 fully saturated rings. The second-order valence-electron chi connectivity index (χ2n) is 9.03. The summed E-state index contributed by atoms with van der Waals surface area (Å²) < 4.78 is 10.7. The Balaban J connectivity index is 1.23. The fraction of sp³-hybridized carbons (Fsp3) is 0.385. The van der Waals surface area contributed by atoms with Gasteiger partial charge in [0.05, 0.1) is 30.6 Å². The zero-order chi connectivity index (χ0) is 23.8. The second kappa shape index (κ2) is 8.93. The molecule has 2 aliphatic heterocycles. The van der Waals surface area contributed by atoms with Crippen molar-refractivity contribution in [2.45, 2.75) is 32.1 Å². The van der Waals surface area contributed by atoms with Crippen molar-refractivity contribution < 1.29 is 28.7 Å². The van der Waals surface area contributed by atoms with Gasteiger partial charge < -0.3 is 14.4 Å². The summed E-state index contributed by atoms with van der Waals surface area (Å²) in [5, 5.41) is 0. The molecule has 2 heterocycles. The fourth-order valence-electron chi connectivity index (χ4n) is 5.16. The van der Waals surface area contributed by atoms with Gasteiger partial charge in [-0.2, -0.15) is 0 Å². The molecular weight excluding hydrogens is 436 g/mol. The third-order valence-corrected chi connectivity index (χ3v) is 7.00. The molecule has 1 saturated carbocycles. The lowest BCUT2D eigenvalue weighted by Gasteiger charge is -2.19. The highest BCUT2D eigenvalue weighted by Gasteiger charge is 2.48. The highest BCUT2D eigenvalue weighted by molar-refractivity contribution is 6.22. The highest BCUT2D eigenvalue weighted by atomic mass is 16.5. The molecule has 3 aliphatic rings. The van der Waals surface area contributed by atoms with Crippen LogP contribution in [0.3, 0.4) is 0 Å². The number of methoxy groups -OCH3 is 1. The zero-order valence-electron chi connectivity index (χ0n) is 18.9. The number of amides is 3. The van der Waals surface area contributed by atoms with Gasteiger partial charge in [0, 0.05) is 18.7 Å². The van der Waals surface area contributed by atoms with Crippen LogP contribution in [0, 0.1) is 17.8 Å². The molecule has 3 atom stereocenters. The smallest absolute Gasteiger partial charge is 0.316 e. The van der Waals surface area contributed by atoms with Gasteiger partial charge in [0.2, 0.25) is 17.7 Å². The summed E-state index contributed by atoms with van der Waals surface area (Å²) in [6.07, 6.45) is 3.54. The fourth-order valence-corrected chi connectivity index (χ4v) is 5.16. The molecule has 34 heavy (non-hydrogen) atoms. The number of hydrogen-bond donors (Lipinski definition) is 0. The first kappa shape index (κ1) is 22.1. The summed E-state index contributed by atoms with van der Waals surface area (Å²) in [5.74, 6) is -0.929. The molecule has 2 saturated heterocycles. The van der Waals surface area contributed by atoms with E-state index in [-0.39, 0.29) is 42.5 Å². The van der Waals surface area contributed by atoms with Crippen LogP contribution in [0.5, 0.6) is 11.5 Å². The van der Waals surface area contributed by atoms with Gasteiger partial charge >= 0.3 is 5.97 Å². The number of esters is 1. The molecule has 8 nitrogen and oxygen atoms in total. The van der Waals surface area contributed by atoms with Crippen LogP contribution in [0.25, 0.3) is 0 Å². The van der Waals surface area contributed by atoms with E-state index in [1.54, 1.807) is 60.5 Å². The van der Waals surface area contributed by atoms with Crippen molar-refractivity contribution >= 4 is 35.1 Å². The monoisotopic (exact) mass is 462 g/mol. The number of benzene rings is 2. The maximum atomic E-state index is 12.8. The molecule has 0 unspecified atom stereocenters. The van der Waals surface area contributed by atoms with Crippen LogP contribution in [0.4, 0.5) is 11.4 Å². The van der Waals surface area contributed by atoms with E-state index in [4.69, 9.17) is 9.47 Å². The van der Waals surface area contributed by atoms with Crippen molar-refractivity contribution in [2.24, 2.45) is 17.8 Å². The number of fused-ring (bicyclic) bond motifs is 1. The Hall–Kier alpha value is -3.68. The first-order chi connectivity index (χ1) is 16.5. The Morgan fingerprint density at radius 2 is 1.38 bits per heavy atom. The molecule has 0 aromatic heterocycles. The molecule has 0 N–H and O–H groups in total. The van der Waals surface area contributed by atoms with E-state index in [9.17, 15) is 19.2 Å². The van der Waals surface area contributed by atoms with Crippen molar-refractivity contribution in [3.8, 4) is 11.5 Å². The largest absolute Gasteiger partial charge is 0.497 e. The van der Waals surface area contributed by atoms with Crippen LogP contribution in [0.1, 0.15) is 32.1 Å². The van der Waals surface area contributed by atoms with Crippen LogP contribution in [-0.4, -0.2) is 37.3 Å². The molecule has 2 aromatic rings. The van der Waals surface area contributed by atoms with E-state index in [0.717, 1.165) is 25.7 Å². The predicted octanol–water partition coefficient (Wildman–Crippen LogP) is 3.33. The number of ether oxygens (including phenoxy) is 2. The number of hydrogen-bond acceptors (Lipinski definition) is 6. The first-order valence-electron chi connectivity index (χ1n) is 11.6. The molecule has 1 aliphatic carbocycles. The van der Waals surface area contributed by atoms with Crippen LogP contribution < -0.4 is 19.3 Å². The lowest BCUT2D eigenvalue weighted by atomic mass is 9.81. The molecule has 5 rings (SSSR count). The van der Waals surface area contributed by atoms with Crippen molar-refractivity contribution in [1.29, 1.82) is 0 Å². The van der Waals surface area contributed by atoms with E-state index in [0.29, 0.717) is 22.9 Å². The number of nitrogens with zero attached hydrogens (tertiary/aromatic N) is 2. The van der Waals surface area contributed by atoms with Crippen LogP contribution in [0.2, 0.25) is 0 Å². The SMILES string of the molecule is COc1ccc(N2C[C@H](C(=O)Oc3ccc(N4C(=O)[C@H]5CCCC[C@H]5C4=O)cc3)CC2=O)cc1. The molecule has 8 heteroatoms. The van der Waals surface area contributed by atoms with Crippen molar-refractivity contribution in [2.75, 3.05) is 23.5 Å². The number of rotatable bonds is 5. The van der Waals surface area contributed by atoms with E-state index in [2.05, 4.69) is 0 Å². The molecule has 2 aromatic carbocycles. The quantitative estimate of drug-likeness (QED) is 0.384. The maximum Gasteiger partial charge on any atom is 0.316 e. The minimum atomic E-state index is -0.584. The van der Waals surface area contributed by atoms with Gasteiger partial charge in [0.1, 0.15) is 11.5 Å². The van der Waals surface area contributed by atoms with Gasteiger partial charge in [-0.25, -0.2) is 0 Å². The van der Waals surface area contributed by atoms with E-state index in [1.807, 2.05) is 0 Å². The summed E-state index contributed by atoms with van der Waals surface area (Å²) >= 11 is 0. The second-order valence-corrected chi connectivity index (χ2v) is 9.03. The number of imide groups is 1. The summed E-state index contributed by atoms with van der Waals surface area (Å²) in [6, 6.07) is 13.5.